The van der Waals surface area contributed by atoms with Gasteiger partial charge < -0.3 is 16.4 Å². The van der Waals surface area contributed by atoms with E-state index in [0.717, 1.165) is 25.2 Å². The molecule has 0 saturated carbocycles. The second-order valence-electron chi connectivity index (χ2n) is 4.69. The van der Waals surface area contributed by atoms with Crippen molar-refractivity contribution in [3.05, 3.63) is 54.2 Å². The van der Waals surface area contributed by atoms with Crippen molar-refractivity contribution >= 4 is 42.2 Å². The fourth-order valence-corrected chi connectivity index (χ4v) is 1.93. The molecule has 1 aromatic heterocycles. The first kappa shape index (κ1) is 21.0. The van der Waals surface area contributed by atoms with E-state index in [1.54, 1.807) is 18.3 Å². The fraction of sp³-hybridized carbons (Fsp3) is 0.250. The monoisotopic (exact) mass is 356 g/mol. The highest BCUT2D eigenvalue weighted by Crippen LogP contribution is 2.09. The molecule has 4 N–H and O–H groups in total. The summed E-state index contributed by atoms with van der Waals surface area (Å²) in [4.78, 5) is 16.1. The van der Waals surface area contributed by atoms with Gasteiger partial charge in [-0.3, -0.25) is 4.79 Å². The zero-order valence-corrected chi connectivity index (χ0v) is 14.3. The predicted molar refractivity (Wildman–Crippen MR) is 99.6 cm³/mol. The summed E-state index contributed by atoms with van der Waals surface area (Å²) in [6, 6.07) is 12.8. The van der Waals surface area contributed by atoms with Crippen LogP contribution in [0.25, 0.3) is 0 Å². The van der Waals surface area contributed by atoms with Crippen LogP contribution >= 0.6 is 24.8 Å². The average molecular weight is 357 g/mol. The maximum atomic E-state index is 11.9. The number of aromatic nitrogens is 1. The van der Waals surface area contributed by atoms with Crippen LogP contribution in [-0.2, 0) is 0 Å². The summed E-state index contributed by atoms with van der Waals surface area (Å²) in [5, 5.41) is 6.11. The number of hydrogen-bond acceptors (Lipinski definition) is 4. The number of anilines is 2. The minimum atomic E-state index is -0.120. The lowest BCUT2D eigenvalue weighted by Crippen LogP contribution is -2.25. The number of nitrogens with one attached hydrogen (secondary N) is 2. The van der Waals surface area contributed by atoms with Gasteiger partial charge in [0.1, 0.15) is 5.82 Å². The highest BCUT2D eigenvalue weighted by Gasteiger charge is 2.07. The largest absolute Gasteiger partial charge is 0.398 e. The second kappa shape index (κ2) is 11.6. The summed E-state index contributed by atoms with van der Waals surface area (Å²) in [6.07, 6.45) is 3.62. The van der Waals surface area contributed by atoms with E-state index in [-0.39, 0.29) is 30.7 Å². The van der Waals surface area contributed by atoms with Gasteiger partial charge in [-0.2, -0.15) is 0 Å². The Morgan fingerprint density at radius 2 is 1.70 bits per heavy atom. The Bertz CT molecular complexity index is 581. The summed E-state index contributed by atoms with van der Waals surface area (Å²) in [5.74, 6) is 0.754. The Balaban J connectivity index is 0.00000242. The van der Waals surface area contributed by atoms with E-state index >= 15 is 0 Å². The smallest absolute Gasteiger partial charge is 0.253 e. The van der Waals surface area contributed by atoms with Gasteiger partial charge in [-0.15, -0.1) is 24.8 Å². The molecule has 1 amide bonds. The standard InChI is InChI=1S/C16H20N4O.2ClH/c17-14-8-2-1-7-13(14)16(21)20-12-6-5-11-19-15-9-3-4-10-18-15;;/h1-4,7-10H,5-6,11-12,17H2,(H,18,19)(H,20,21);2*1H. The first-order valence-electron chi connectivity index (χ1n) is 7.05. The van der Waals surface area contributed by atoms with E-state index in [1.165, 1.54) is 0 Å². The number of rotatable bonds is 7. The Labute approximate surface area is 148 Å². The van der Waals surface area contributed by atoms with Crippen molar-refractivity contribution in [1.29, 1.82) is 0 Å². The van der Waals surface area contributed by atoms with Crippen molar-refractivity contribution in [1.82, 2.24) is 10.3 Å². The van der Waals surface area contributed by atoms with Crippen LogP contribution in [0.15, 0.2) is 48.7 Å². The third-order valence-electron chi connectivity index (χ3n) is 3.07. The molecule has 0 aliphatic carbocycles. The van der Waals surface area contributed by atoms with Crippen molar-refractivity contribution < 1.29 is 4.79 Å². The number of nitrogens with two attached hydrogens (primary N) is 1. The number of halogens is 2. The molecule has 0 atom stereocenters. The molecule has 1 aromatic carbocycles. The molecule has 1 heterocycles. The molecule has 7 heteroatoms. The van der Waals surface area contributed by atoms with Crippen molar-refractivity contribution in [2.45, 2.75) is 12.8 Å². The van der Waals surface area contributed by atoms with Crippen molar-refractivity contribution in [2.24, 2.45) is 0 Å². The summed E-state index contributed by atoms with van der Waals surface area (Å²) in [5.41, 5.74) is 6.80. The summed E-state index contributed by atoms with van der Waals surface area (Å²) in [6.45, 7) is 1.47. The van der Waals surface area contributed by atoms with Crippen LogP contribution < -0.4 is 16.4 Å². The number of benzene rings is 1. The Morgan fingerprint density at radius 1 is 1.00 bits per heavy atom. The number of amides is 1. The van der Waals surface area contributed by atoms with E-state index in [9.17, 15) is 4.79 Å². The number of nitrogen functional groups attached to an aromatic ring is 1. The Morgan fingerprint density at radius 3 is 2.39 bits per heavy atom. The van der Waals surface area contributed by atoms with Crippen molar-refractivity contribution in [3.63, 3.8) is 0 Å². The summed E-state index contributed by atoms with van der Waals surface area (Å²) in [7, 11) is 0. The zero-order valence-electron chi connectivity index (χ0n) is 12.7. The van der Waals surface area contributed by atoms with Gasteiger partial charge in [-0.05, 0) is 37.1 Å². The molecule has 23 heavy (non-hydrogen) atoms. The molecular weight excluding hydrogens is 335 g/mol. The average Bonchev–Trinajstić information content (AvgIpc) is 2.52. The van der Waals surface area contributed by atoms with Crippen molar-refractivity contribution in [2.75, 3.05) is 24.1 Å². The molecule has 126 valence electrons. The Hall–Kier alpha value is -1.98. The zero-order chi connectivity index (χ0) is 14.9. The van der Waals surface area contributed by atoms with E-state index in [1.807, 2.05) is 30.3 Å². The van der Waals surface area contributed by atoms with Crippen LogP contribution in [-0.4, -0.2) is 24.0 Å². The van der Waals surface area contributed by atoms with Gasteiger partial charge in [-0.1, -0.05) is 18.2 Å². The van der Waals surface area contributed by atoms with E-state index < -0.39 is 0 Å². The summed E-state index contributed by atoms with van der Waals surface area (Å²) < 4.78 is 0. The molecule has 0 saturated heterocycles. The fourth-order valence-electron chi connectivity index (χ4n) is 1.93. The maximum absolute atomic E-state index is 11.9. The predicted octanol–water partition coefficient (Wildman–Crippen LogP) is 3.13. The second-order valence-corrected chi connectivity index (χ2v) is 4.69. The molecule has 0 aliphatic heterocycles. The minimum Gasteiger partial charge on any atom is -0.398 e. The quantitative estimate of drug-likeness (QED) is 0.525. The van der Waals surface area contributed by atoms with Crippen LogP contribution in [0, 0.1) is 0 Å². The van der Waals surface area contributed by atoms with E-state index in [0.29, 0.717) is 17.8 Å². The molecule has 0 fully saturated rings. The SMILES string of the molecule is Cl.Cl.Nc1ccccc1C(=O)NCCCCNc1ccccn1. The molecule has 2 rings (SSSR count). The number of carbonyl (C=O) groups is 1. The van der Waals surface area contributed by atoms with Gasteiger partial charge in [0.05, 0.1) is 5.56 Å². The maximum Gasteiger partial charge on any atom is 0.253 e. The van der Waals surface area contributed by atoms with Crippen LogP contribution in [0.1, 0.15) is 23.2 Å². The number of nitrogens with zero attached hydrogens (tertiary/aromatic N) is 1. The molecule has 2 aromatic rings. The van der Waals surface area contributed by atoms with Crippen LogP contribution in [0.2, 0.25) is 0 Å². The topological polar surface area (TPSA) is 80.0 Å². The lowest BCUT2D eigenvalue weighted by Gasteiger charge is -2.08. The molecule has 5 nitrogen and oxygen atoms in total. The highest BCUT2D eigenvalue weighted by atomic mass is 35.5. The van der Waals surface area contributed by atoms with Gasteiger partial charge in [0.25, 0.3) is 5.91 Å². The molecule has 0 radical (unpaired) electrons. The summed E-state index contributed by atoms with van der Waals surface area (Å²) >= 11 is 0. The molecule has 0 unspecified atom stereocenters. The normalized spacial score (nSPS) is 9.22. The van der Waals surface area contributed by atoms with Crippen LogP contribution in [0.3, 0.4) is 0 Å². The van der Waals surface area contributed by atoms with Crippen molar-refractivity contribution in [3.8, 4) is 0 Å². The van der Waals surface area contributed by atoms with Gasteiger partial charge in [-0.25, -0.2) is 4.98 Å². The van der Waals surface area contributed by atoms with Crippen LogP contribution in [0.5, 0.6) is 0 Å². The molecule has 0 bridgehead atoms. The van der Waals surface area contributed by atoms with Gasteiger partial charge in [0.15, 0.2) is 0 Å². The lowest BCUT2D eigenvalue weighted by molar-refractivity contribution is 0.0954. The number of unbranched alkanes of at least 4 members (excludes halogenated alkanes) is 1. The first-order valence-corrected chi connectivity index (χ1v) is 7.05. The van der Waals surface area contributed by atoms with Gasteiger partial charge in [0, 0.05) is 25.0 Å². The number of hydrogen-bond donors (Lipinski definition) is 3. The van der Waals surface area contributed by atoms with E-state index in [2.05, 4.69) is 15.6 Å². The first-order chi connectivity index (χ1) is 10.3. The van der Waals surface area contributed by atoms with Crippen LogP contribution in [0.4, 0.5) is 11.5 Å². The van der Waals surface area contributed by atoms with E-state index in [4.69, 9.17) is 5.73 Å². The third-order valence-corrected chi connectivity index (χ3v) is 3.07. The van der Waals surface area contributed by atoms with Gasteiger partial charge in [0.2, 0.25) is 0 Å². The lowest BCUT2D eigenvalue weighted by atomic mass is 10.1. The number of para-hydroxylation sites is 1. The number of pyridine rings is 1. The third kappa shape index (κ3) is 7.21. The van der Waals surface area contributed by atoms with Gasteiger partial charge >= 0.3 is 0 Å². The molecular formula is C16H22Cl2N4O. The Kier molecular flexibility index (Phi) is 10.6. The molecule has 0 aliphatic rings. The highest BCUT2D eigenvalue weighted by molar-refractivity contribution is 5.99. The molecule has 0 spiro atoms. The minimum absolute atomic E-state index is 0. The number of carbonyl (C=O) groups excluding carboxylic acids is 1.